The predicted octanol–water partition coefficient (Wildman–Crippen LogP) is 2.28. The van der Waals surface area contributed by atoms with Crippen LogP contribution in [0, 0.1) is 0 Å². The van der Waals surface area contributed by atoms with E-state index in [9.17, 15) is 4.79 Å². The van der Waals surface area contributed by atoms with E-state index >= 15 is 0 Å². The molecule has 104 valence electrons. The standard InChI is InChI=1S/C14H15BrN4O/c1-18-7-6-12(14(18)20)17-10-8-16-19(9-10)13-5-3-2-4-11(13)15/h2-5,8-9,12,17H,6-7H2,1H3/t12-/m1/s1. The van der Waals surface area contributed by atoms with Crippen molar-refractivity contribution in [1.82, 2.24) is 14.7 Å². The van der Waals surface area contributed by atoms with E-state index < -0.39 is 0 Å². The van der Waals surface area contributed by atoms with Crippen LogP contribution < -0.4 is 5.32 Å². The second-order valence-electron chi connectivity index (χ2n) is 4.87. The van der Waals surface area contributed by atoms with Gasteiger partial charge in [0, 0.05) is 18.1 Å². The zero-order valence-corrected chi connectivity index (χ0v) is 12.7. The van der Waals surface area contributed by atoms with Gasteiger partial charge < -0.3 is 10.2 Å². The Morgan fingerprint density at radius 2 is 2.20 bits per heavy atom. The third kappa shape index (κ3) is 2.43. The van der Waals surface area contributed by atoms with Crippen molar-refractivity contribution in [2.45, 2.75) is 12.5 Å². The quantitative estimate of drug-likeness (QED) is 0.936. The molecule has 0 radical (unpaired) electrons. The molecule has 20 heavy (non-hydrogen) atoms. The van der Waals surface area contributed by atoms with Crippen molar-refractivity contribution in [3.05, 3.63) is 41.1 Å². The Labute approximate surface area is 125 Å². The zero-order chi connectivity index (χ0) is 14.1. The Morgan fingerprint density at radius 3 is 2.90 bits per heavy atom. The second kappa shape index (κ2) is 5.28. The molecule has 5 nitrogen and oxygen atoms in total. The van der Waals surface area contributed by atoms with Crippen molar-refractivity contribution in [1.29, 1.82) is 0 Å². The van der Waals surface area contributed by atoms with Gasteiger partial charge in [-0.2, -0.15) is 5.10 Å². The molecule has 1 N–H and O–H groups in total. The fourth-order valence-electron chi connectivity index (χ4n) is 2.32. The summed E-state index contributed by atoms with van der Waals surface area (Å²) in [4.78, 5) is 13.6. The van der Waals surface area contributed by atoms with E-state index in [1.807, 2.05) is 37.5 Å². The first-order chi connectivity index (χ1) is 9.65. The number of likely N-dealkylation sites (tertiary alicyclic amines) is 1. The van der Waals surface area contributed by atoms with Gasteiger partial charge >= 0.3 is 0 Å². The number of hydrogen-bond acceptors (Lipinski definition) is 3. The van der Waals surface area contributed by atoms with Crippen LogP contribution in [0.4, 0.5) is 5.69 Å². The third-order valence-electron chi connectivity index (χ3n) is 3.45. The lowest BCUT2D eigenvalue weighted by Gasteiger charge is -2.11. The van der Waals surface area contributed by atoms with Gasteiger partial charge in [0.15, 0.2) is 0 Å². The number of para-hydroxylation sites is 1. The van der Waals surface area contributed by atoms with E-state index in [4.69, 9.17) is 0 Å². The fraction of sp³-hybridized carbons (Fsp3) is 0.286. The van der Waals surface area contributed by atoms with E-state index in [2.05, 4.69) is 26.3 Å². The number of likely N-dealkylation sites (N-methyl/N-ethyl adjacent to an activating group) is 1. The highest BCUT2D eigenvalue weighted by atomic mass is 79.9. The molecule has 0 spiro atoms. The molecular formula is C14H15BrN4O. The van der Waals surface area contributed by atoms with Crippen LogP contribution in [0.15, 0.2) is 41.1 Å². The summed E-state index contributed by atoms with van der Waals surface area (Å²) >= 11 is 3.51. The molecule has 1 fully saturated rings. The van der Waals surface area contributed by atoms with Crippen LogP contribution in [0.3, 0.4) is 0 Å². The molecular weight excluding hydrogens is 320 g/mol. The molecule has 0 saturated carbocycles. The lowest BCUT2D eigenvalue weighted by atomic mass is 10.2. The molecule has 6 heteroatoms. The summed E-state index contributed by atoms with van der Waals surface area (Å²) in [6, 6.07) is 7.74. The lowest BCUT2D eigenvalue weighted by molar-refractivity contribution is -0.127. The van der Waals surface area contributed by atoms with Gasteiger partial charge in [0.1, 0.15) is 6.04 Å². The van der Waals surface area contributed by atoms with Crippen molar-refractivity contribution in [2.24, 2.45) is 0 Å². The largest absolute Gasteiger partial charge is 0.371 e. The van der Waals surface area contributed by atoms with Crippen LogP contribution in [0.2, 0.25) is 0 Å². The molecule has 0 bridgehead atoms. The van der Waals surface area contributed by atoms with E-state index in [0.29, 0.717) is 0 Å². The minimum atomic E-state index is -0.142. The van der Waals surface area contributed by atoms with Gasteiger partial charge in [0.2, 0.25) is 5.91 Å². The Bertz CT molecular complexity index is 640. The van der Waals surface area contributed by atoms with E-state index in [1.54, 1.807) is 15.8 Å². The Balaban J connectivity index is 1.78. The topological polar surface area (TPSA) is 50.2 Å². The van der Waals surface area contributed by atoms with Gasteiger partial charge in [0.05, 0.1) is 23.8 Å². The summed E-state index contributed by atoms with van der Waals surface area (Å²) in [7, 11) is 1.83. The Morgan fingerprint density at radius 1 is 1.40 bits per heavy atom. The maximum absolute atomic E-state index is 11.9. The van der Waals surface area contributed by atoms with Crippen LogP contribution in [-0.2, 0) is 4.79 Å². The number of amides is 1. The summed E-state index contributed by atoms with van der Waals surface area (Å²) in [6.07, 6.45) is 4.46. The number of carbonyl (C=O) groups excluding carboxylic acids is 1. The highest BCUT2D eigenvalue weighted by molar-refractivity contribution is 9.10. The molecule has 3 rings (SSSR count). The van der Waals surface area contributed by atoms with Crippen LogP contribution >= 0.6 is 15.9 Å². The van der Waals surface area contributed by atoms with Crippen LogP contribution in [-0.4, -0.2) is 40.2 Å². The van der Waals surface area contributed by atoms with Gasteiger partial charge in [-0.1, -0.05) is 12.1 Å². The summed E-state index contributed by atoms with van der Waals surface area (Å²) in [5.74, 6) is 0.138. The third-order valence-corrected chi connectivity index (χ3v) is 4.12. The molecule has 1 atom stereocenters. The van der Waals surface area contributed by atoms with Crippen LogP contribution in [0.25, 0.3) is 5.69 Å². The number of hydrogen-bond donors (Lipinski definition) is 1. The molecule has 1 amide bonds. The van der Waals surface area contributed by atoms with Crippen LogP contribution in [0.1, 0.15) is 6.42 Å². The average Bonchev–Trinajstić information content (AvgIpc) is 3.02. The van der Waals surface area contributed by atoms with Crippen molar-refractivity contribution >= 4 is 27.5 Å². The predicted molar refractivity (Wildman–Crippen MR) is 80.9 cm³/mol. The lowest BCUT2D eigenvalue weighted by Crippen LogP contribution is -2.30. The van der Waals surface area contributed by atoms with Crippen molar-refractivity contribution in [3.8, 4) is 5.69 Å². The first-order valence-electron chi connectivity index (χ1n) is 6.46. The highest BCUT2D eigenvalue weighted by Gasteiger charge is 2.28. The molecule has 1 aliphatic rings. The van der Waals surface area contributed by atoms with Gasteiger partial charge in [-0.3, -0.25) is 4.79 Å². The number of aromatic nitrogens is 2. The number of anilines is 1. The van der Waals surface area contributed by atoms with Crippen molar-refractivity contribution in [2.75, 3.05) is 18.9 Å². The molecule has 1 aromatic heterocycles. The van der Waals surface area contributed by atoms with Gasteiger partial charge in [0.25, 0.3) is 0 Å². The van der Waals surface area contributed by atoms with Crippen LogP contribution in [0.5, 0.6) is 0 Å². The van der Waals surface area contributed by atoms with Gasteiger partial charge in [-0.15, -0.1) is 0 Å². The maximum atomic E-state index is 11.9. The monoisotopic (exact) mass is 334 g/mol. The Kier molecular flexibility index (Phi) is 3.48. The fourth-order valence-corrected chi connectivity index (χ4v) is 2.79. The second-order valence-corrected chi connectivity index (χ2v) is 5.72. The summed E-state index contributed by atoms with van der Waals surface area (Å²) < 4.78 is 2.77. The summed E-state index contributed by atoms with van der Waals surface area (Å²) in [6.45, 7) is 0.800. The van der Waals surface area contributed by atoms with Gasteiger partial charge in [-0.05, 0) is 34.5 Å². The van der Waals surface area contributed by atoms with Crippen molar-refractivity contribution < 1.29 is 4.79 Å². The minimum absolute atomic E-state index is 0.138. The number of rotatable bonds is 3. The molecule has 1 aliphatic heterocycles. The summed E-state index contributed by atoms with van der Waals surface area (Å²) in [5.41, 5.74) is 1.82. The van der Waals surface area contributed by atoms with E-state index in [-0.39, 0.29) is 11.9 Å². The maximum Gasteiger partial charge on any atom is 0.244 e. The van der Waals surface area contributed by atoms with Gasteiger partial charge in [-0.25, -0.2) is 4.68 Å². The molecule has 2 heterocycles. The normalized spacial score (nSPS) is 18.6. The number of halogens is 1. The smallest absolute Gasteiger partial charge is 0.244 e. The number of carbonyl (C=O) groups is 1. The number of nitrogens with zero attached hydrogens (tertiary/aromatic N) is 3. The molecule has 0 unspecified atom stereocenters. The number of nitrogens with one attached hydrogen (secondary N) is 1. The molecule has 0 aliphatic carbocycles. The first-order valence-corrected chi connectivity index (χ1v) is 7.25. The molecule has 1 saturated heterocycles. The first kappa shape index (κ1) is 13.2. The molecule has 2 aromatic rings. The average molecular weight is 335 g/mol. The summed E-state index contributed by atoms with van der Waals surface area (Å²) in [5, 5.41) is 7.57. The van der Waals surface area contributed by atoms with Crippen molar-refractivity contribution in [3.63, 3.8) is 0 Å². The minimum Gasteiger partial charge on any atom is -0.371 e. The number of benzene rings is 1. The SMILES string of the molecule is CN1CC[C@@H](Nc2cnn(-c3ccccc3Br)c2)C1=O. The van der Waals surface area contributed by atoms with E-state index in [0.717, 1.165) is 28.8 Å². The highest BCUT2D eigenvalue weighted by Crippen LogP contribution is 2.22. The molecule has 1 aromatic carbocycles. The Hall–Kier alpha value is -1.82. The zero-order valence-electron chi connectivity index (χ0n) is 11.1. The van der Waals surface area contributed by atoms with E-state index in [1.165, 1.54) is 0 Å².